The first-order chi connectivity index (χ1) is 9.87. The molecule has 0 saturated carbocycles. The number of anilines is 1. The number of pyridine rings is 1. The molecule has 0 spiro atoms. The third-order valence-electron chi connectivity index (χ3n) is 5.41. The monoisotopic (exact) mass is 288 g/mol. The van der Waals surface area contributed by atoms with Gasteiger partial charge in [0.05, 0.1) is 11.9 Å². The molecule has 2 fully saturated rings. The molecule has 0 N–H and O–H groups in total. The van der Waals surface area contributed by atoms with Gasteiger partial charge in [0.15, 0.2) is 0 Å². The molecule has 1 aromatic heterocycles. The number of rotatable bonds is 2. The Morgan fingerprint density at radius 2 is 2.05 bits per heavy atom. The molecule has 0 aliphatic carbocycles. The fourth-order valence-corrected chi connectivity index (χ4v) is 3.44. The third kappa shape index (κ3) is 2.08. The Morgan fingerprint density at radius 1 is 1.29 bits per heavy atom. The zero-order chi connectivity index (χ0) is 15.3. The average Bonchev–Trinajstić information content (AvgIpc) is 2.77. The van der Waals surface area contributed by atoms with Crippen molar-refractivity contribution in [3.8, 4) is 0 Å². The summed E-state index contributed by atoms with van der Waals surface area (Å²) in [5.41, 5.74) is 1.20. The van der Waals surface area contributed by atoms with Crippen LogP contribution in [0.1, 0.15) is 52.1 Å². The number of piperidine rings is 1. The number of aromatic nitrogens is 1. The van der Waals surface area contributed by atoms with Crippen LogP contribution in [0.3, 0.4) is 0 Å². The lowest BCUT2D eigenvalue weighted by molar-refractivity contribution is -0.149. The summed E-state index contributed by atoms with van der Waals surface area (Å²) in [4.78, 5) is 19.2. The molecule has 0 bridgehead atoms. The van der Waals surface area contributed by atoms with Crippen molar-refractivity contribution in [2.24, 2.45) is 5.41 Å². The van der Waals surface area contributed by atoms with Crippen LogP contribution < -0.4 is 4.90 Å². The van der Waals surface area contributed by atoms with Crippen molar-refractivity contribution in [3.63, 3.8) is 0 Å². The van der Waals surface area contributed by atoms with E-state index in [1.165, 1.54) is 0 Å². The van der Waals surface area contributed by atoms with Gasteiger partial charge in [0, 0.05) is 24.3 Å². The van der Waals surface area contributed by atoms with E-state index in [1.54, 1.807) is 0 Å². The minimum atomic E-state index is -0.692. The first-order valence-corrected chi connectivity index (χ1v) is 7.79. The molecule has 2 saturated heterocycles. The second kappa shape index (κ2) is 4.80. The SMILES string of the molecule is CC(C)c1ccc(N2CC[C@@]3(C)CCO[C@@]3(C)C2=O)cn1. The molecule has 4 nitrogen and oxygen atoms in total. The van der Waals surface area contributed by atoms with E-state index in [0.717, 1.165) is 30.8 Å². The van der Waals surface area contributed by atoms with Gasteiger partial charge in [-0.3, -0.25) is 9.78 Å². The van der Waals surface area contributed by atoms with Crippen molar-refractivity contribution >= 4 is 11.6 Å². The van der Waals surface area contributed by atoms with Gasteiger partial charge in [-0.05, 0) is 37.8 Å². The van der Waals surface area contributed by atoms with Crippen molar-refractivity contribution in [1.82, 2.24) is 4.98 Å². The minimum absolute atomic E-state index is 0.0358. The van der Waals surface area contributed by atoms with Crippen LogP contribution in [0.15, 0.2) is 18.3 Å². The van der Waals surface area contributed by atoms with Crippen molar-refractivity contribution in [3.05, 3.63) is 24.0 Å². The fourth-order valence-electron chi connectivity index (χ4n) is 3.44. The topological polar surface area (TPSA) is 42.4 Å². The highest BCUT2D eigenvalue weighted by molar-refractivity contribution is 6.01. The lowest BCUT2D eigenvalue weighted by Crippen LogP contribution is -2.60. The van der Waals surface area contributed by atoms with Gasteiger partial charge in [0.25, 0.3) is 5.91 Å². The first kappa shape index (κ1) is 14.5. The number of ether oxygens (including phenoxy) is 1. The van der Waals surface area contributed by atoms with Gasteiger partial charge in [-0.25, -0.2) is 0 Å². The number of carbonyl (C=O) groups is 1. The Balaban J connectivity index is 1.89. The summed E-state index contributed by atoms with van der Waals surface area (Å²) in [5, 5.41) is 0. The van der Waals surface area contributed by atoms with E-state index in [-0.39, 0.29) is 11.3 Å². The van der Waals surface area contributed by atoms with E-state index >= 15 is 0 Å². The van der Waals surface area contributed by atoms with Crippen LogP contribution in [0.4, 0.5) is 5.69 Å². The highest BCUT2D eigenvalue weighted by Crippen LogP contribution is 2.50. The zero-order valence-electron chi connectivity index (χ0n) is 13.3. The molecule has 1 aromatic rings. The average molecular weight is 288 g/mol. The number of carbonyl (C=O) groups excluding carboxylic acids is 1. The van der Waals surface area contributed by atoms with Gasteiger partial charge >= 0.3 is 0 Å². The molecule has 21 heavy (non-hydrogen) atoms. The lowest BCUT2D eigenvalue weighted by Gasteiger charge is -2.46. The van der Waals surface area contributed by atoms with Crippen LogP contribution in [0.2, 0.25) is 0 Å². The van der Waals surface area contributed by atoms with E-state index in [2.05, 4.69) is 25.8 Å². The highest BCUT2D eigenvalue weighted by Gasteiger charge is 2.59. The Bertz CT molecular complexity index is 554. The standard InChI is InChI=1S/C17H24N2O2/c1-12(2)14-6-5-13(11-18-14)19-9-7-16(3)8-10-21-17(16,4)15(19)20/h5-6,11-12H,7-10H2,1-4H3/t16-,17-/m0/s1. The maximum absolute atomic E-state index is 12.9. The van der Waals surface area contributed by atoms with E-state index in [4.69, 9.17) is 4.74 Å². The maximum atomic E-state index is 12.9. The van der Waals surface area contributed by atoms with Gasteiger partial charge in [0.1, 0.15) is 5.60 Å². The molecule has 1 amide bonds. The third-order valence-corrected chi connectivity index (χ3v) is 5.41. The summed E-state index contributed by atoms with van der Waals surface area (Å²) in [5.74, 6) is 0.475. The van der Waals surface area contributed by atoms with E-state index in [1.807, 2.05) is 30.2 Å². The molecule has 0 radical (unpaired) electrons. The van der Waals surface area contributed by atoms with Gasteiger partial charge < -0.3 is 9.64 Å². The molecule has 0 aromatic carbocycles. The summed E-state index contributed by atoms with van der Waals surface area (Å²) >= 11 is 0. The first-order valence-electron chi connectivity index (χ1n) is 7.79. The van der Waals surface area contributed by atoms with Gasteiger partial charge in [0.2, 0.25) is 0 Å². The van der Waals surface area contributed by atoms with Crippen LogP contribution in [0, 0.1) is 5.41 Å². The number of hydrogen-bond donors (Lipinski definition) is 0. The predicted octanol–water partition coefficient (Wildman–Crippen LogP) is 3.13. The zero-order valence-corrected chi connectivity index (χ0v) is 13.3. The van der Waals surface area contributed by atoms with E-state index in [9.17, 15) is 4.79 Å². The predicted molar refractivity (Wildman–Crippen MR) is 82.4 cm³/mol. The van der Waals surface area contributed by atoms with Crippen molar-refractivity contribution in [2.75, 3.05) is 18.1 Å². The van der Waals surface area contributed by atoms with Crippen LogP contribution in [0.25, 0.3) is 0 Å². The Hall–Kier alpha value is -1.42. The molecule has 3 rings (SSSR count). The van der Waals surface area contributed by atoms with Crippen LogP contribution >= 0.6 is 0 Å². The van der Waals surface area contributed by atoms with Crippen LogP contribution in [-0.4, -0.2) is 29.6 Å². The molecular formula is C17H24N2O2. The van der Waals surface area contributed by atoms with Gasteiger partial charge in [-0.15, -0.1) is 0 Å². The number of hydrogen-bond acceptors (Lipinski definition) is 3. The molecule has 2 atom stereocenters. The highest BCUT2D eigenvalue weighted by atomic mass is 16.5. The Morgan fingerprint density at radius 3 is 2.67 bits per heavy atom. The van der Waals surface area contributed by atoms with Crippen LogP contribution in [-0.2, 0) is 9.53 Å². The summed E-state index contributed by atoms with van der Waals surface area (Å²) < 4.78 is 5.86. The quantitative estimate of drug-likeness (QED) is 0.839. The summed E-state index contributed by atoms with van der Waals surface area (Å²) in [6.07, 6.45) is 3.75. The summed E-state index contributed by atoms with van der Waals surface area (Å²) in [7, 11) is 0. The number of fused-ring (bicyclic) bond motifs is 1. The van der Waals surface area contributed by atoms with Crippen molar-refractivity contribution in [2.45, 2.75) is 52.1 Å². The molecule has 0 unspecified atom stereocenters. The fraction of sp³-hybridized carbons (Fsp3) is 0.647. The second-order valence-corrected chi connectivity index (χ2v) is 7.00. The number of amides is 1. The molecular weight excluding hydrogens is 264 g/mol. The van der Waals surface area contributed by atoms with Crippen molar-refractivity contribution in [1.29, 1.82) is 0 Å². The van der Waals surface area contributed by atoms with E-state index < -0.39 is 5.60 Å². The Kier molecular flexibility index (Phi) is 3.32. The summed E-state index contributed by atoms with van der Waals surface area (Å²) in [6, 6.07) is 4.01. The lowest BCUT2D eigenvalue weighted by atomic mass is 9.68. The van der Waals surface area contributed by atoms with Gasteiger partial charge in [-0.1, -0.05) is 20.8 Å². The summed E-state index contributed by atoms with van der Waals surface area (Å²) in [6.45, 7) is 9.79. The van der Waals surface area contributed by atoms with Crippen molar-refractivity contribution < 1.29 is 9.53 Å². The smallest absolute Gasteiger partial charge is 0.259 e. The van der Waals surface area contributed by atoms with Crippen LogP contribution in [0.5, 0.6) is 0 Å². The Labute approximate surface area is 126 Å². The molecule has 3 heterocycles. The molecule has 2 aliphatic rings. The molecule has 114 valence electrons. The number of nitrogens with zero attached hydrogens (tertiary/aromatic N) is 2. The normalized spacial score (nSPS) is 32.6. The van der Waals surface area contributed by atoms with E-state index in [0.29, 0.717) is 12.5 Å². The largest absolute Gasteiger partial charge is 0.365 e. The minimum Gasteiger partial charge on any atom is -0.365 e. The molecule has 4 heteroatoms. The maximum Gasteiger partial charge on any atom is 0.259 e. The van der Waals surface area contributed by atoms with Gasteiger partial charge in [-0.2, -0.15) is 0 Å². The molecule has 2 aliphatic heterocycles. The second-order valence-electron chi connectivity index (χ2n) is 7.00.